The summed E-state index contributed by atoms with van der Waals surface area (Å²) in [6.45, 7) is 5.47. The molecule has 5 nitrogen and oxygen atoms in total. The van der Waals surface area contributed by atoms with Gasteiger partial charge in [0.2, 0.25) is 0 Å². The highest BCUT2D eigenvalue weighted by molar-refractivity contribution is 7.15. The van der Waals surface area contributed by atoms with E-state index in [0.29, 0.717) is 0 Å². The Kier molecular flexibility index (Phi) is 7.70. The third-order valence-corrected chi connectivity index (χ3v) is 6.18. The maximum absolute atomic E-state index is 12.1. The third-order valence-electron chi connectivity index (χ3n) is 5.42. The highest BCUT2D eigenvalue weighted by Crippen LogP contribution is 2.31. The summed E-state index contributed by atoms with van der Waals surface area (Å²) in [5.74, 6) is 1.82. The Morgan fingerprint density at radius 1 is 1.12 bits per heavy atom. The maximum atomic E-state index is 12.1. The Hall–Kier alpha value is -0.660. The molecular weight excluding hydrogens is 379 g/mol. The predicted molar refractivity (Wildman–Crippen MR) is 107 cm³/mol. The predicted octanol–water partition coefficient (Wildman–Crippen LogP) is 2.81. The van der Waals surface area contributed by atoms with Gasteiger partial charge in [-0.05, 0) is 63.7 Å². The van der Waals surface area contributed by atoms with Crippen molar-refractivity contribution < 1.29 is 0 Å². The minimum Gasteiger partial charge on any atom is -0.317 e. The van der Waals surface area contributed by atoms with Crippen LogP contribution in [0.5, 0.6) is 0 Å². The lowest BCUT2D eigenvalue weighted by Gasteiger charge is -2.37. The van der Waals surface area contributed by atoms with E-state index in [-0.39, 0.29) is 30.4 Å². The second-order valence-electron chi connectivity index (χ2n) is 6.84. The van der Waals surface area contributed by atoms with Crippen molar-refractivity contribution >= 4 is 41.1 Å². The van der Waals surface area contributed by atoms with Crippen LogP contribution in [0.25, 0.3) is 4.96 Å². The number of fused-ring (bicyclic) bond motifs is 1. The van der Waals surface area contributed by atoms with Gasteiger partial charge < -0.3 is 5.32 Å². The molecule has 0 aromatic carbocycles. The summed E-state index contributed by atoms with van der Waals surface area (Å²) >= 11 is 1.52. The number of halogens is 2. The van der Waals surface area contributed by atoms with E-state index in [1.807, 2.05) is 5.38 Å². The molecule has 2 aromatic rings. The fourth-order valence-electron chi connectivity index (χ4n) is 4.10. The summed E-state index contributed by atoms with van der Waals surface area (Å²) < 4.78 is 1.62. The zero-order valence-corrected chi connectivity index (χ0v) is 16.7. The molecule has 0 aliphatic carbocycles. The molecule has 0 amide bonds. The van der Waals surface area contributed by atoms with Crippen molar-refractivity contribution in [3.05, 3.63) is 33.7 Å². The fraction of sp³-hybridized carbons (Fsp3) is 0.647. The molecule has 2 aromatic heterocycles. The van der Waals surface area contributed by atoms with Crippen LogP contribution in [-0.4, -0.2) is 40.5 Å². The number of nitrogens with one attached hydrogen (secondary N) is 1. The molecule has 8 heteroatoms. The average molecular weight is 405 g/mol. The molecule has 2 fully saturated rings. The summed E-state index contributed by atoms with van der Waals surface area (Å²) in [4.78, 5) is 20.0. The number of hydrogen-bond acceptors (Lipinski definition) is 5. The van der Waals surface area contributed by atoms with E-state index in [1.54, 1.807) is 16.7 Å². The molecule has 4 heterocycles. The van der Waals surface area contributed by atoms with Crippen LogP contribution in [0.1, 0.15) is 31.4 Å². The van der Waals surface area contributed by atoms with Gasteiger partial charge in [-0.15, -0.1) is 36.2 Å². The van der Waals surface area contributed by atoms with Crippen LogP contribution < -0.4 is 10.9 Å². The number of piperidine rings is 2. The lowest BCUT2D eigenvalue weighted by atomic mass is 9.79. The van der Waals surface area contributed by atoms with Crippen LogP contribution in [0.15, 0.2) is 22.4 Å². The number of hydrogen-bond donors (Lipinski definition) is 1. The largest absolute Gasteiger partial charge is 0.317 e. The Bertz CT molecular complexity index is 721. The molecule has 0 unspecified atom stereocenters. The fourth-order valence-corrected chi connectivity index (χ4v) is 4.83. The van der Waals surface area contributed by atoms with E-state index in [1.165, 1.54) is 50.1 Å². The van der Waals surface area contributed by atoms with Crippen molar-refractivity contribution in [3.8, 4) is 0 Å². The molecule has 0 spiro atoms. The van der Waals surface area contributed by atoms with Gasteiger partial charge in [-0.25, -0.2) is 4.98 Å². The van der Waals surface area contributed by atoms with Crippen molar-refractivity contribution in [2.24, 2.45) is 11.8 Å². The lowest BCUT2D eigenvalue weighted by molar-refractivity contribution is 0.125. The summed E-state index contributed by atoms with van der Waals surface area (Å²) in [5, 5.41) is 5.38. The number of nitrogens with zero attached hydrogens (tertiary/aromatic N) is 3. The molecule has 2 aliphatic heterocycles. The number of aromatic nitrogens is 2. The van der Waals surface area contributed by atoms with Crippen molar-refractivity contribution in [2.45, 2.75) is 32.2 Å². The van der Waals surface area contributed by atoms with E-state index in [0.717, 1.165) is 42.1 Å². The molecule has 140 valence electrons. The highest BCUT2D eigenvalue weighted by atomic mass is 35.5. The van der Waals surface area contributed by atoms with Crippen LogP contribution in [0.4, 0.5) is 0 Å². The molecule has 0 bridgehead atoms. The normalized spacial score (nSPS) is 20.2. The molecular formula is C17H26Cl2N4OS. The van der Waals surface area contributed by atoms with Gasteiger partial charge in [0.25, 0.3) is 5.56 Å². The van der Waals surface area contributed by atoms with E-state index in [2.05, 4.69) is 15.2 Å². The zero-order chi connectivity index (χ0) is 15.6. The van der Waals surface area contributed by atoms with Crippen molar-refractivity contribution in [2.75, 3.05) is 26.2 Å². The second kappa shape index (κ2) is 9.33. The SMILES string of the molecule is Cl.Cl.O=c1cc(CN2CCC(C3CCNCC3)CC2)nc2sccn12. The molecule has 2 aliphatic rings. The summed E-state index contributed by atoms with van der Waals surface area (Å²) in [6, 6.07) is 1.69. The van der Waals surface area contributed by atoms with E-state index in [9.17, 15) is 4.79 Å². The van der Waals surface area contributed by atoms with Gasteiger partial charge >= 0.3 is 0 Å². The van der Waals surface area contributed by atoms with Crippen LogP contribution >= 0.6 is 36.2 Å². The molecule has 25 heavy (non-hydrogen) atoms. The minimum atomic E-state index is 0. The standard InChI is InChI=1S/C17H24N4OS.2ClH/c22-16-11-15(19-17-21(16)9-10-23-17)12-20-7-3-14(4-8-20)13-1-5-18-6-2-13;;/h9-11,13-14,18H,1-8,12H2;2*1H. The van der Waals surface area contributed by atoms with Gasteiger partial charge in [-0.1, -0.05) is 0 Å². The van der Waals surface area contributed by atoms with Gasteiger partial charge in [-0.3, -0.25) is 14.1 Å². The third kappa shape index (κ3) is 4.74. The highest BCUT2D eigenvalue weighted by Gasteiger charge is 2.27. The summed E-state index contributed by atoms with van der Waals surface area (Å²) in [7, 11) is 0. The van der Waals surface area contributed by atoms with Gasteiger partial charge in [0, 0.05) is 24.2 Å². The zero-order valence-electron chi connectivity index (χ0n) is 14.2. The summed E-state index contributed by atoms with van der Waals surface area (Å²) in [5.41, 5.74) is 0.952. The first-order valence-electron chi connectivity index (χ1n) is 8.68. The van der Waals surface area contributed by atoms with Gasteiger partial charge in [-0.2, -0.15) is 0 Å². The molecule has 4 rings (SSSR count). The average Bonchev–Trinajstić information content (AvgIpc) is 3.05. The molecule has 2 saturated heterocycles. The number of thiazole rings is 1. The van der Waals surface area contributed by atoms with E-state index < -0.39 is 0 Å². The van der Waals surface area contributed by atoms with Crippen molar-refractivity contribution in [1.82, 2.24) is 19.6 Å². The topological polar surface area (TPSA) is 49.6 Å². The Labute approximate surface area is 164 Å². The molecule has 0 radical (unpaired) electrons. The van der Waals surface area contributed by atoms with Gasteiger partial charge in [0.1, 0.15) is 0 Å². The van der Waals surface area contributed by atoms with Crippen LogP contribution in [-0.2, 0) is 6.54 Å². The first-order chi connectivity index (χ1) is 11.3. The van der Waals surface area contributed by atoms with Crippen molar-refractivity contribution in [1.29, 1.82) is 0 Å². The monoisotopic (exact) mass is 404 g/mol. The van der Waals surface area contributed by atoms with Crippen LogP contribution in [0.2, 0.25) is 0 Å². The Morgan fingerprint density at radius 2 is 1.80 bits per heavy atom. The number of rotatable bonds is 3. The minimum absolute atomic E-state index is 0. The van der Waals surface area contributed by atoms with Crippen molar-refractivity contribution in [3.63, 3.8) is 0 Å². The van der Waals surface area contributed by atoms with Gasteiger partial charge in [0.05, 0.1) is 5.69 Å². The molecule has 0 atom stereocenters. The Morgan fingerprint density at radius 3 is 2.52 bits per heavy atom. The molecule has 1 N–H and O–H groups in total. The maximum Gasteiger partial charge on any atom is 0.258 e. The molecule has 0 saturated carbocycles. The summed E-state index contributed by atoms with van der Waals surface area (Å²) in [6.07, 6.45) is 7.08. The van der Waals surface area contributed by atoms with Crippen LogP contribution in [0, 0.1) is 11.8 Å². The first kappa shape index (κ1) is 20.6. The van der Waals surface area contributed by atoms with E-state index in [4.69, 9.17) is 0 Å². The van der Waals surface area contributed by atoms with E-state index >= 15 is 0 Å². The van der Waals surface area contributed by atoms with Crippen LogP contribution in [0.3, 0.4) is 0 Å². The smallest absolute Gasteiger partial charge is 0.258 e. The lowest BCUT2D eigenvalue weighted by Crippen LogP contribution is -2.39. The Balaban J connectivity index is 0.00000113. The first-order valence-corrected chi connectivity index (χ1v) is 9.56. The quantitative estimate of drug-likeness (QED) is 0.853. The second-order valence-corrected chi connectivity index (χ2v) is 7.72. The van der Waals surface area contributed by atoms with Gasteiger partial charge in [0.15, 0.2) is 4.96 Å². The number of likely N-dealkylation sites (tertiary alicyclic amines) is 1.